The third-order valence-corrected chi connectivity index (χ3v) is 2.32. The summed E-state index contributed by atoms with van der Waals surface area (Å²) in [4.78, 5) is 18.7. The molecule has 0 spiro atoms. The third kappa shape index (κ3) is 2.74. The molecule has 0 radical (unpaired) electrons. The van der Waals surface area contributed by atoms with Crippen LogP contribution in [0.3, 0.4) is 0 Å². The highest BCUT2D eigenvalue weighted by Gasteiger charge is 2.00. The number of nitrogens with one attached hydrogen (secondary N) is 1. The van der Waals surface area contributed by atoms with Gasteiger partial charge in [0, 0.05) is 17.9 Å². The van der Waals surface area contributed by atoms with E-state index in [1.54, 1.807) is 0 Å². The Balaban J connectivity index is 2.24. The Hall–Kier alpha value is -2.61. The predicted octanol–water partition coefficient (Wildman–Crippen LogP) is 0.700. The van der Waals surface area contributed by atoms with Crippen molar-refractivity contribution in [3.8, 4) is 11.8 Å². The number of nitrogen functional groups attached to an aromatic ring is 1. The molecule has 0 aliphatic rings. The maximum Gasteiger partial charge on any atom is 0.217 e. The van der Waals surface area contributed by atoms with Gasteiger partial charge in [0.05, 0.1) is 12.1 Å². The average molecular weight is 240 g/mol. The van der Waals surface area contributed by atoms with Gasteiger partial charge in [-0.3, -0.25) is 4.79 Å². The van der Waals surface area contributed by atoms with Crippen molar-refractivity contribution in [2.24, 2.45) is 0 Å². The summed E-state index contributed by atoms with van der Waals surface area (Å²) in [6.07, 6.45) is 1.43. The van der Waals surface area contributed by atoms with Gasteiger partial charge in [-0.05, 0) is 18.2 Å². The van der Waals surface area contributed by atoms with Gasteiger partial charge in [0.1, 0.15) is 12.1 Å². The van der Waals surface area contributed by atoms with Gasteiger partial charge in [-0.2, -0.15) is 0 Å². The molecule has 0 aliphatic carbocycles. The van der Waals surface area contributed by atoms with Crippen LogP contribution < -0.4 is 11.1 Å². The Labute approximate surface area is 104 Å². The van der Waals surface area contributed by atoms with E-state index < -0.39 is 0 Å². The number of rotatable bonds is 1. The van der Waals surface area contributed by atoms with Crippen LogP contribution in [0.5, 0.6) is 0 Å². The molecule has 5 heteroatoms. The summed E-state index contributed by atoms with van der Waals surface area (Å²) in [6.45, 7) is 1.78. The highest BCUT2D eigenvalue weighted by Crippen LogP contribution is 2.17. The van der Waals surface area contributed by atoms with Crippen LogP contribution in [-0.2, 0) is 4.79 Å². The van der Waals surface area contributed by atoms with Crippen molar-refractivity contribution in [1.29, 1.82) is 0 Å². The van der Waals surface area contributed by atoms with Crippen molar-refractivity contribution in [1.82, 2.24) is 15.3 Å². The van der Waals surface area contributed by atoms with Gasteiger partial charge < -0.3 is 11.1 Å². The SMILES string of the molecule is CC(=O)NCC#Cc1ccc2ncnc(N)c2c1. The number of amides is 1. The fraction of sp³-hybridized carbons (Fsp3) is 0.154. The van der Waals surface area contributed by atoms with Crippen LogP contribution in [0, 0.1) is 11.8 Å². The summed E-state index contributed by atoms with van der Waals surface area (Å²) in [7, 11) is 0. The van der Waals surface area contributed by atoms with Crippen LogP contribution in [0.1, 0.15) is 12.5 Å². The summed E-state index contributed by atoms with van der Waals surface area (Å²) < 4.78 is 0. The maximum atomic E-state index is 10.7. The molecule has 5 nitrogen and oxygen atoms in total. The first-order valence-electron chi connectivity index (χ1n) is 5.40. The number of nitrogens with zero attached hydrogens (tertiary/aromatic N) is 2. The van der Waals surface area contributed by atoms with E-state index in [9.17, 15) is 4.79 Å². The van der Waals surface area contributed by atoms with Crippen LogP contribution >= 0.6 is 0 Å². The predicted molar refractivity (Wildman–Crippen MR) is 69.5 cm³/mol. The molecule has 1 amide bonds. The van der Waals surface area contributed by atoms with Crippen molar-refractivity contribution in [3.63, 3.8) is 0 Å². The number of hydrogen-bond acceptors (Lipinski definition) is 4. The smallest absolute Gasteiger partial charge is 0.217 e. The number of carbonyl (C=O) groups is 1. The number of nitrogens with two attached hydrogens (primary N) is 1. The molecule has 1 heterocycles. The number of anilines is 1. The molecule has 0 bridgehead atoms. The summed E-state index contributed by atoms with van der Waals surface area (Å²) in [5.74, 6) is 6.14. The fourth-order valence-electron chi connectivity index (χ4n) is 1.47. The molecule has 1 aromatic carbocycles. The first-order chi connectivity index (χ1) is 8.66. The molecule has 1 aromatic heterocycles. The van der Waals surface area contributed by atoms with Gasteiger partial charge in [0.2, 0.25) is 5.91 Å². The van der Waals surface area contributed by atoms with Crippen LogP contribution in [0.2, 0.25) is 0 Å². The van der Waals surface area contributed by atoms with Gasteiger partial charge in [0.25, 0.3) is 0 Å². The first kappa shape index (κ1) is 11.9. The van der Waals surface area contributed by atoms with Gasteiger partial charge in [-0.25, -0.2) is 9.97 Å². The standard InChI is InChI=1S/C13H12N4O/c1-9(18)15-6-2-3-10-4-5-12-11(7-10)13(14)17-8-16-12/h4-5,7-8H,6H2,1H3,(H,15,18)(H2,14,16,17). The van der Waals surface area contributed by atoms with Crippen molar-refractivity contribution in [3.05, 3.63) is 30.1 Å². The quantitative estimate of drug-likeness (QED) is 0.719. The number of aromatic nitrogens is 2. The lowest BCUT2D eigenvalue weighted by molar-refractivity contribution is -0.118. The second kappa shape index (κ2) is 5.15. The van der Waals surface area contributed by atoms with Crippen LogP contribution in [0.4, 0.5) is 5.82 Å². The lowest BCUT2D eigenvalue weighted by Gasteiger charge is -2.00. The topological polar surface area (TPSA) is 80.9 Å². The highest BCUT2D eigenvalue weighted by atomic mass is 16.1. The van der Waals surface area contributed by atoms with Gasteiger partial charge in [-0.1, -0.05) is 11.8 Å². The zero-order valence-electron chi connectivity index (χ0n) is 9.90. The Morgan fingerprint density at radius 2 is 2.28 bits per heavy atom. The molecule has 0 atom stereocenters. The molecule has 2 rings (SSSR count). The zero-order chi connectivity index (χ0) is 13.0. The maximum absolute atomic E-state index is 10.7. The van der Waals surface area contributed by atoms with Crippen molar-refractivity contribution < 1.29 is 4.79 Å². The lowest BCUT2D eigenvalue weighted by atomic mass is 10.1. The average Bonchev–Trinajstić information content (AvgIpc) is 2.35. The molecule has 90 valence electrons. The highest BCUT2D eigenvalue weighted by molar-refractivity contribution is 5.88. The fourth-order valence-corrected chi connectivity index (χ4v) is 1.47. The Morgan fingerprint density at radius 1 is 1.44 bits per heavy atom. The molecule has 0 aliphatic heterocycles. The van der Waals surface area contributed by atoms with E-state index in [1.165, 1.54) is 13.3 Å². The summed E-state index contributed by atoms with van der Waals surface area (Å²) in [6, 6.07) is 5.54. The number of carbonyl (C=O) groups excluding carboxylic acids is 1. The Morgan fingerprint density at radius 3 is 3.06 bits per heavy atom. The number of hydrogen-bond donors (Lipinski definition) is 2. The van der Waals surface area contributed by atoms with E-state index in [-0.39, 0.29) is 5.91 Å². The third-order valence-electron chi connectivity index (χ3n) is 2.32. The van der Waals surface area contributed by atoms with Crippen molar-refractivity contribution in [2.75, 3.05) is 12.3 Å². The van der Waals surface area contributed by atoms with Crippen LogP contribution in [0.15, 0.2) is 24.5 Å². The van der Waals surface area contributed by atoms with Gasteiger partial charge in [-0.15, -0.1) is 0 Å². The van der Waals surface area contributed by atoms with E-state index in [2.05, 4.69) is 27.1 Å². The molecular formula is C13H12N4O. The second-order valence-corrected chi connectivity index (χ2v) is 3.70. The van der Waals surface area contributed by atoms with E-state index >= 15 is 0 Å². The van der Waals surface area contributed by atoms with E-state index in [4.69, 9.17) is 5.73 Å². The van der Waals surface area contributed by atoms with Gasteiger partial charge in [0.15, 0.2) is 0 Å². The molecule has 3 N–H and O–H groups in total. The monoisotopic (exact) mass is 240 g/mol. The summed E-state index contributed by atoms with van der Waals surface area (Å²) in [5.41, 5.74) is 7.36. The minimum atomic E-state index is -0.0968. The second-order valence-electron chi connectivity index (χ2n) is 3.70. The van der Waals surface area contributed by atoms with Gasteiger partial charge >= 0.3 is 0 Å². The minimum Gasteiger partial charge on any atom is -0.383 e. The molecule has 0 fully saturated rings. The van der Waals surface area contributed by atoms with E-state index in [0.717, 1.165) is 16.5 Å². The lowest BCUT2D eigenvalue weighted by Crippen LogP contribution is -2.19. The van der Waals surface area contributed by atoms with Crippen LogP contribution in [0.25, 0.3) is 10.9 Å². The van der Waals surface area contributed by atoms with Crippen molar-refractivity contribution >= 4 is 22.6 Å². The number of fused-ring (bicyclic) bond motifs is 1. The first-order valence-corrected chi connectivity index (χ1v) is 5.40. The molecule has 2 aromatic rings. The molecular weight excluding hydrogens is 228 g/mol. The molecule has 0 saturated heterocycles. The Bertz CT molecular complexity index is 655. The number of benzene rings is 1. The zero-order valence-corrected chi connectivity index (χ0v) is 9.90. The summed E-state index contributed by atoms with van der Waals surface area (Å²) >= 11 is 0. The minimum absolute atomic E-state index is 0.0968. The van der Waals surface area contributed by atoms with E-state index in [0.29, 0.717) is 12.4 Å². The Kier molecular flexibility index (Phi) is 3.39. The summed E-state index contributed by atoms with van der Waals surface area (Å²) in [5, 5.41) is 3.38. The van der Waals surface area contributed by atoms with Crippen molar-refractivity contribution in [2.45, 2.75) is 6.92 Å². The normalized spacial score (nSPS) is 9.61. The largest absolute Gasteiger partial charge is 0.383 e. The molecule has 0 unspecified atom stereocenters. The van der Waals surface area contributed by atoms with E-state index in [1.807, 2.05) is 18.2 Å². The molecule has 18 heavy (non-hydrogen) atoms. The van der Waals surface area contributed by atoms with Crippen LogP contribution in [-0.4, -0.2) is 22.4 Å². The molecule has 0 saturated carbocycles.